The number of hydrogen-bond acceptors (Lipinski definition) is 5. The molecule has 6 nitrogen and oxygen atoms in total. The molecule has 0 bridgehead atoms. The van der Waals surface area contributed by atoms with Gasteiger partial charge in [0.15, 0.2) is 5.17 Å². The van der Waals surface area contributed by atoms with Crippen LogP contribution >= 0.6 is 11.8 Å². The second-order valence-corrected chi connectivity index (χ2v) is 6.82. The van der Waals surface area contributed by atoms with Crippen molar-refractivity contribution in [1.82, 2.24) is 10.6 Å². The third-order valence-electron chi connectivity index (χ3n) is 2.19. The van der Waals surface area contributed by atoms with Gasteiger partial charge in [0.1, 0.15) is 11.1 Å². The van der Waals surface area contributed by atoms with Gasteiger partial charge in [0.05, 0.1) is 6.54 Å². The van der Waals surface area contributed by atoms with Crippen LogP contribution in [-0.4, -0.2) is 40.6 Å². The predicted molar refractivity (Wildman–Crippen MR) is 76.4 cm³/mol. The first-order valence-corrected chi connectivity index (χ1v) is 7.08. The molecule has 0 aromatic heterocycles. The number of ether oxygens (including phenoxy) is 1. The van der Waals surface area contributed by atoms with Crippen LogP contribution in [0.2, 0.25) is 0 Å². The number of carbonyl (C=O) groups excluding carboxylic acids is 2. The second-order valence-electron chi connectivity index (χ2n) is 5.74. The van der Waals surface area contributed by atoms with Gasteiger partial charge in [-0.25, -0.2) is 4.79 Å². The molecule has 0 aromatic carbocycles. The summed E-state index contributed by atoms with van der Waals surface area (Å²) >= 11 is 1.49. The van der Waals surface area contributed by atoms with E-state index in [2.05, 4.69) is 15.6 Å². The molecule has 0 fully saturated rings. The minimum atomic E-state index is -1.06. The van der Waals surface area contributed by atoms with E-state index in [1.54, 1.807) is 34.6 Å². The molecular weight excluding hydrogens is 266 g/mol. The van der Waals surface area contributed by atoms with Crippen LogP contribution in [0.5, 0.6) is 0 Å². The SMILES string of the molecule is CC(C)(C)OC(=O)NC(C)(C)C(=O)NC1=NCCS1. The number of thioether (sulfide) groups is 1. The molecule has 1 aliphatic heterocycles. The number of rotatable bonds is 2. The van der Waals surface area contributed by atoms with Crippen molar-refractivity contribution in [3.8, 4) is 0 Å². The van der Waals surface area contributed by atoms with Crippen LogP contribution in [0.15, 0.2) is 4.99 Å². The first kappa shape index (κ1) is 15.8. The van der Waals surface area contributed by atoms with Crippen molar-refractivity contribution in [3.63, 3.8) is 0 Å². The molecule has 19 heavy (non-hydrogen) atoms. The summed E-state index contributed by atoms with van der Waals surface area (Å²) in [4.78, 5) is 27.8. The summed E-state index contributed by atoms with van der Waals surface area (Å²) in [6.45, 7) is 9.25. The summed E-state index contributed by atoms with van der Waals surface area (Å²) < 4.78 is 5.13. The summed E-state index contributed by atoms with van der Waals surface area (Å²) in [5.41, 5.74) is -1.66. The third kappa shape index (κ3) is 5.50. The average Bonchev–Trinajstić information content (AvgIpc) is 2.65. The van der Waals surface area contributed by atoms with Crippen molar-refractivity contribution in [2.24, 2.45) is 4.99 Å². The molecule has 0 radical (unpaired) electrons. The van der Waals surface area contributed by atoms with Crippen LogP contribution in [0.1, 0.15) is 34.6 Å². The Morgan fingerprint density at radius 1 is 1.26 bits per heavy atom. The topological polar surface area (TPSA) is 79.8 Å². The monoisotopic (exact) mass is 287 g/mol. The fourth-order valence-corrected chi connectivity index (χ4v) is 2.00. The Labute approximate surface area is 117 Å². The summed E-state index contributed by atoms with van der Waals surface area (Å²) in [5, 5.41) is 5.84. The third-order valence-corrected chi connectivity index (χ3v) is 3.08. The smallest absolute Gasteiger partial charge is 0.408 e. The van der Waals surface area contributed by atoms with Gasteiger partial charge in [0, 0.05) is 5.75 Å². The van der Waals surface area contributed by atoms with Gasteiger partial charge < -0.3 is 15.4 Å². The van der Waals surface area contributed by atoms with Gasteiger partial charge in [-0.3, -0.25) is 9.79 Å². The Bertz CT molecular complexity index is 400. The van der Waals surface area contributed by atoms with Crippen molar-refractivity contribution in [1.29, 1.82) is 0 Å². The molecule has 0 unspecified atom stereocenters. The van der Waals surface area contributed by atoms with E-state index in [1.807, 2.05) is 0 Å². The number of nitrogens with zero attached hydrogens (tertiary/aromatic N) is 1. The molecule has 1 heterocycles. The fourth-order valence-electron chi connectivity index (χ4n) is 1.28. The molecule has 0 spiro atoms. The van der Waals surface area contributed by atoms with Crippen LogP contribution < -0.4 is 10.6 Å². The maximum absolute atomic E-state index is 12.0. The van der Waals surface area contributed by atoms with E-state index < -0.39 is 17.2 Å². The van der Waals surface area contributed by atoms with Gasteiger partial charge in [-0.15, -0.1) is 0 Å². The fraction of sp³-hybridized carbons (Fsp3) is 0.750. The number of alkyl carbamates (subject to hydrolysis) is 1. The molecule has 2 amide bonds. The van der Waals surface area contributed by atoms with Crippen molar-refractivity contribution in [2.45, 2.75) is 45.8 Å². The minimum Gasteiger partial charge on any atom is -0.444 e. The average molecular weight is 287 g/mol. The summed E-state index contributed by atoms with van der Waals surface area (Å²) in [6, 6.07) is 0. The lowest BCUT2D eigenvalue weighted by atomic mass is 10.1. The molecule has 0 saturated heterocycles. The number of amides is 2. The number of amidine groups is 1. The van der Waals surface area contributed by atoms with E-state index in [0.29, 0.717) is 11.7 Å². The summed E-state index contributed by atoms with van der Waals surface area (Å²) in [7, 11) is 0. The van der Waals surface area contributed by atoms with Crippen molar-refractivity contribution < 1.29 is 14.3 Å². The van der Waals surface area contributed by atoms with E-state index in [1.165, 1.54) is 11.8 Å². The Morgan fingerprint density at radius 3 is 2.37 bits per heavy atom. The van der Waals surface area contributed by atoms with E-state index in [0.717, 1.165) is 5.75 Å². The second kappa shape index (κ2) is 5.81. The number of aliphatic imine (C=N–C) groups is 1. The molecule has 1 aliphatic rings. The summed E-state index contributed by atoms with van der Waals surface area (Å²) in [5.74, 6) is 0.557. The van der Waals surface area contributed by atoms with Gasteiger partial charge in [0.2, 0.25) is 0 Å². The molecule has 108 valence electrons. The number of nitrogens with one attached hydrogen (secondary N) is 2. The molecule has 1 rings (SSSR count). The van der Waals surface area contributed by atoms with Crippen LogP contribution in [0, 0.1) is 0 Å². The zero-order valence-corrected chi connectivity index (χ0v) is 12.8. The molecule has 0 saturated carbocycles. The Balaban J connectivity index is 2.54. The van der Waals surface area contributed by atoms with Gasteiger partial charge in [-0.05, 0) is 34.6 Å². The largest absolute Gasteiger partial charge is 0.444 e. The van der Waals surface area contributed by atoms with Crippen LogP contribution in [0.4, 0.5) is 4.79 Å². The molecule has 2 N–H and O–H groups in total. The first-order chi connectivity index (χ1) is 8.60. The highest BCUT2D eigenvalue weighted by Crippen LogP contribution is 2.12. The highest BCUT2D eigenvalue weighted by Gasteiger charge is 2.32. The standard InChI is InChI=1S/C12H21N3O3S/c1-11(2,3)18-10(17)15-12(4,5)8(16)14-9-13-6-7-19-9/h6-7H2,1-5H3,(H,15,17)(H,13,14,16). The van der Waals surface area contributed by atoms with Crippen molar-refractivity contribution in [3.05, 3.63) is 0 Å². The number of hydrogen-bond donors (Lipinski definition) is 2. The highest BCUT2D eigenvalue weighted by molar-refractivity contribution is 8.14. The van der Waals surface area contributed by atoms with Gasteiger partial charge >= 0.3 is 6.09 Å². The normalized spacial score (nSPS) is 15.7. The zero-order chi connectivity index (χ0) is 14.7. The predicted octanol–water partition coefficient (Wildman–Crippen LogP) is 1.51. The summed E-state index contributed by atoms with van der Waals surface area (Å²) in [6.07, 6.45) is -0.617. The van der Waals surface area contributed by atoms with E-state index in [9.17, 15) is 9.59 Å². The molecule has 0 aromatic rings. The quantitative estimate of drug-likeness (QED) is 0.807. The molecule has 0 atom stereocenters. The lowest BCUT2D eigenvalue weighted by molar-refractivity contribution is -0.124. The van der Waals surface area contributed by atoms with E-state index >= 15 is 0 Å². The van der Waals surface area contributed by atoms with Crippen molar-refractivity contribution >= 4 is 28.9 Å². The van der Waals surface area contributed by atoms with Gasteiger partial charge in [0.25, 0.3) is 5.91 Å². The first-order valence-electron chi connectivity index (χ1n) is 6.10. The van der Waals surface area contributed by atoms with Crippen LogP contribution in [0.25, 0.3) is 0 Å². The molecule has 7 heteroatoms. The number of carbonyl (C=O) groups is 2. The van der Waals surface area contributed by atoms with Gasteiger partial charge in [-0.2, -0.15) is 0 Å². The van der Waals surface area contributed by atoms with Gasteiger partial charge in [-0.1, -0.05) is 11.8 Å². The maximum Gasteiger partial charge on any atom is 0.408 e. The molecular formula is C12H21N3O3S. The van der Waals surface area contributed by atoms with E-state index in [4.69, 9.17) is 4.74 Å². The highest BCUT2D eigenvalue weighted by atomic mass is 32.2. The Morgan fingerprint density at radius 2 is 1.89 bits per heavy atom. The lowest BCUT2D eigenvalue weighted by Crippen LogP contribution is -2.56. The zero-order valence-electron chi connectivity index (χ0n) is 12.0. The Hall–Kier alpha value is -1.24. The van der Waals surface area contributed by atoms with Crippen molar-refractivity contribution in [2.75, 3.05) is 12.3 Å². The maximum atomic E-state index is 12.0. The Kier molecular flexibility index (Phi) is 4.84. The van der Waals surface area contributed by atoms with Crippen LogP contribution in [0.3, 0.4) is 0 Å². The van der Waals surface area contributed by atoms with Crippen LogP contribution in [-0.2, 0) is 9.53 Å². The minimum absolute atomic E-state index is 0.313. The molecule has 0 aliphatic carbocycles. The lowest BCUT2D eigenvalue weighted by Gasteiger charge is -2.27. The van der Waals surface area contributed by atoms with E-state index in [-0.39, 0.29) is 5.91 Å².